The molecule has 5 nitrogen and oxygen atoms in total. The SMILES string of the molecule is Cc1ccc(C)c(NC(=O)C[n+]2cccc(C(N)=O)c2)c1. The summed E-state index contributed by atoms with van der Waals surface area (Å²) in [6.45, 7) is 4.03. The fourth-order valence-electron chi connectivity index (χ4n) is 1.99. The Balaban J connectivity index is 2.10. The predicted molar refractivity (Wildman–Crippen MR) is 79.7 cm³/mol. The molecule has 0 fully saturated rings. The van der Waals surface area contributed by atoms with Crippen molar-refractivity contribution in [2.75, 3.05) is 5.32 Å². The molecule has 0 aliphatic carbocycles. The van der Waals surface area contributed by atoms with Gasteiger partial charge < -0.3 is 11.1 Å². The van der Waals surface area contributed by atoms with Crippen LogP contribution in [0.3, 0.4) is 0 Å². The maximum atomic E-state index is 12.1. The summed E-state index contributed by atoms with van der Waals surface area (Å²) in [5.74, 6) is -0.672. The number of carbonyl (C=O) groups is 2. The summed E-state index contributed by atoms with van der Waals surface area (Å²) in [5, 5.41) is 2.87. The number of nitrogens with one attached hydrogen (secondary N) is 1. The van der Waals surface area contributed by atoms with E-state index in [1.54, 1.807) is 29.1 Å². The van der Waals surface area contributed by atoms with E-state index in [2.05, 4.69) is 5.32 Å². The van der Waals surface area contributed by atoms with Gasteiger partial charge in [0.2, 0.25) is 6.54 Å². The Labute approximate surface area is 123 Å². The summed E-state index contributed by atoms with van der Waals surface area (Å²) in [4.78, 5) is 23.2. The number of hydrogen-bond acceptors (Lipinski definition) is 2. The van der Waals surface area contributed by atoms with E-state index in [1.807, 2.05) is 32.0 Å². The molecular weight excluding hydrogens is 266 g/mol. The Morgan fingerprint density at radius 1 is 1.24 bits per heavy atom. The number of primary amides is 1. The Bertz CT molecular complexity index is 696. The van der Waals surface area contributed by atoms with E-state index in [0.717, 1.165) is 16.8 Å². The van der Waals surface area contributed by atoms with Gasteiger partial charge in [0, 0.05) is 11.8 Å². The highest BCUT2D eigenvalue weighted by molar-refractivity contribution is 5.92. The van der Waals surface area contributed by atoms with Crippen molar-refractivity contribution in [3.8, 4) is 0 Å². The molecule has 5 heteroatoms. The van der Waals surface area contributed by atoms with Crippen LogP contribution in [0.2, 0.25) is 0 Å². The van der Waals surface area contributed by atoms with Crippen molar-refractivity contribution >= 4 is 17.5 Å². The number of pyridine rings is 1. The van der Waals surface area contributed by atoms with Gasteiger partial charge in [-0.15, -0.1) is 0 Å². The number of amides is 2. The highest BCUT2D eigenvalue weighted by Crippen LogP contribution is 2.16. The smallest absolute Gasteiger partial charge is 0.290 e. The Morgan fingerprint density at radius 3 is 2.71 bits per heavy atom. The van der Waals surface area contributed by atoms with Gasteiger partial charge in [0.15, 0.2) is 12.4 Å². The van der Waals surface area contributed by atoms with Gasteiger partial charge in [0.05, 0.1) is 0 Å². The largest absolute Gasteiger partial charge is 0.365 e. The van der Waals surface area contributed by atoms with Crippen LogP contribution in [0.5, 0.6) is 0 Å². The van der Waals surface area contributed by atoms with E-state index in [1.165, 1.54) is 0 Å². The second-order valence-corrected chi connectivity index (χ2v) is 5.00. The van der Waals surface area contributed by atoms with Crippen molar-refractivity contribution in [2.24, 2.45) is 5.73 Å². The minimum atomic E-state index is -0.515. The van der Waals surface area contributed by atoms with E-state index in [4.69, 9.17) is 5.73 Å². The molecule has 2 amide bonds. The van der Waals surface area contributed by atoms with Gasteiger partial charge in [-0.2, -0.15) is 4.57 Å². The van der Waals surface area contributed by atoms with E-state index in [-0.39, 0.29) is 12.5 Å². The number of aryl methyl sites for hydroxylation is 2. The first kappa shape index (κ1) is 14.7. The first-order valence-electron chi connectivity index (χ1n) is 6.62. The zero-order valence-electron chi connectivity index (χ0n) is 12.1. The van der Waals surface area contributed by atoms with Gasteiger partial charge in [-0.25, -0.2) is 0 Å². The van der Waals surface area contributed by atoms with Crippen LogP contribution in [-0.4, -0.2) is 11.8 Å². The molecule has 0 bridgehead atoms. The number of rotatable bonds is 4. The van der Waals surface area contributed by atoms with Crippen LogP contribution in [0.15, 0.2) is 42.7 Å². The van der Waals surface area contributed by atoms with E-state index in [9.17, 15) is 9.59 Å². The van der Waals surface area contributed by atoms with Crippen molar-refractivity contribution in [1.82, 2.24) is 0 Å². The lowest BCUT2D eigenvalue weighted by Crippen LogP contribution is -2.40. The fourth-order valence-corrected chi connectivity index (χ4v) is 1.99. The summed E-state index contributed by atoms with van der Waals surface area (Å²) >= 11 is 0. The summed E-state index contributed by atoms with van der Waals surface area (Å²) < 4.78 is 1.63. The second-order valence-electron chi connectivity index (χ2n) is 5.00. The molecule has 1 aromatic carbocycles. The lowest BCUT2D eigenvalue weighted by Gasteiger charge is -2.08. The average molecular weight is 284 g/mol. The van der Waals surface area contributed by atoms with Crippen molar-refractivity contribution in [1.29, 1.82) is 0 Å². The quantitative estimate of drug-likeness (QED) is 0.831. The molecule has 0 aliphatic rings. The molecular formula is C16H18N3O2+. The third-order valence-electron chi connectivity index (χ3n) is 3.14. The van der Waals surface area contributed by atoms with Crippen molar-refractivity contribution < 1.29 is 14.2 Å². The van der Waals surface area contributed by atoms with Gasteiger partial charge in [0.25, 0.3) is 11.8 Å². The van der Waals surface area contributed by atoms with Crippen LogP contribution in [0.25, 0.3) is 0 Å². The average Bonchev–Trinajstić information content (AvgIpc) is 2.43. The van der Waals surface area contributed by atoms with Gasteiger partial charge in [-0.05, 0) is 37.1 Å². The topological polar surface area (TPSA) is 76.1 Å². The third-order valence-corrected chi connectivity index (χ3v) is 3.14. The molecule has 2 aromatic rings. The molecule has 0 aliphatic heterocycles. The van der Waals surface area contributed by atoms with E-state index < -0.39 is 5.91 Å². The molecule has 21 heavy (non-hydrogen) atoms. The molecule has 1 aromatic heterocycles. The van der Waals surface area contributed by atoms with Gasteiger partial charge in [-0.1, -0.05) is 12.1 Å². The number of benzene rings is 1. The predicted octanol–water partition coefficient (Wildman–Crippen LogP) is 1.33. The first-order valence-corrected chi connectivity index (χ1v) is 6.62. The number of carbonyl (C=O) groups excluding carboxylic acids is 2. The van der Waals surface area contributed by atoms with Gasteiger partial charge in [-0.3, -0.25) is 9.59 Å². The zero-order chi connectivity index (χ0) is 15.4. The fraction of sp³-hybridized carbons (Fsp3) is 0.188. The normalized spacial score (nSPS) is 10.2. The number of nitrogens with two attached hydrogens (primary N) is 1. The molecule has 0 saturated carbocycles. The maximum absolute atomic E-state index is 12.1. The molecule has 3 N–H and O–H groups in total. The summed E-state index contributed by atoms with van der Waals surface area (Å²) in [6.07, 6.45) is 3.28. The molecule has 0 atom stereocenters. The third kappa shape index (κ3) is 3.89. The molecule has 1 heterocycles. The zero-order valence-corrected chi connectivity index (χ0v) is 12.1. The highest BCUT2D eigenvalue weighted by atomic mass is 16.2. The summed E-state index contributed by atoms with van der Waals surface area (Å²) in [6, 6.07) is 9.19. The van der Waals surface area contributed by atoms with Crippen LogP contribution in [0.1, 0.15) is 21.5 Å². The monoisotopic (exact) mass is 284 g/mol. The lowest BCUT2D eigenvalue weighted by molar-refractivity contribution is -0.684. The van der Waals surface area contributed by atoms with Crippen molar-refractivity contribution in [3.63, 3.8) is 0 Å². The lowest BCUT2D eigenvalue weighted by atomic mass is 10.1. The summed E-state index contributed by atoms with van der Waals surface area (Å²) in [7, 11) is 0. The van der Waals surface area contributed by atoms with Crippen LogP contribution in [0.4, 0.5) is 5.69 Å². The number of nitrogens with zero attached hydrogens (tertiary/aromatic N) is 1. The van der Waals surface area contributed by atoms with Gasteiger partial charge in [0.1, 0.15) is 5.56 Å². The number of anilines is 1. The maximum Gasteiger partial charge on any atom is 0.290 e. The van der Waals surface area contributed by atoms with E-state index in [0.29, 0.717) is 5.56 Å². The Hall–Kier alpha value is -2.69. The van der Waals surface area contributed by atoms with Crippen molar-refractivity contribution in [2.45, 2.75) is 20.4 Å². The highest BCUT2D eigenvalue weighted by Gasteiger charge is 2.13. The minimum absolute atomic E-state index is 0.120. The molecule has 108 valence electrons. The summed E-state index contributed by atoms with van der Waals surface area (Å²) in [5.41, 5.74) is 8.48. The molecule has 0 radical (unpaired) electrons. The van der Waals surface area contributed by atoms with Crippen LogP contribution < -0.4 is 15.6 Å². The Morgan fingerprint density at radius 2 is 2.00 bits per heavy atom. The van der Waals surface area contributed by atoms with Crippen LogP contribution >= 0.6 is 0 Å². The van der Waals surface area contributed by atoms with Crippen molar-refractivity contribution in [3.05, 3.63) is 59.4 Å². The van der Waals surface area contributed by atoms with Crippen LogP contribution in [-0.2, 0) is 11.3 Å². The van der Waals surface area contributed by atoms with E-state index >= 15 is 0 Å². The second kappa shape index (κ2) is 6.17. The molecule has 0 unspecified atom stereocenters. The van der Waals surface area contributed by atoms with Gasteiger partial charge >= 0.3 is 0 Å². The minimum Gasteiger partial charge on any atom is -0.365 e. The standard InChI is InChI=1S/C16H17N3O2/c1-11-5-6-12(2)14(8-11)18-15(20)10-19-7-3-4-13(9-19)16(17)21/h3-9H,10H2,1-2H3,(H2-,17,18,20,21)/p+1. The number of aromatic nitrogens is 1. The first-order chi connectivity index (χ1) is 9.95. The Kier molecular flexibility index (Phi) is 4.33. The molecule has 0 saturated heterocycles. The number of hydrogen-bond donors (Lipinski definition) is 2. The molecule has 2 rings (SSSR count). The molecule has 0 spiro atoms. The van der Waals surface area contributed by atoms with Crippen LogP contribution in [0, 0.1) is 13.8 Å².